The predicted molar refractivity (Wildman–Crippen MR) is 138 cm³/mol. The molecular formula is C29H34ClN3O3. The number of phenolic OH excluding ortho intramolecular Hbond substituents is 1. The second kappa shape index (κ2) is 8.11. The lowest BCUT2D eigenvalue weighted by Crippen LogP contribution is -2.82. The van der Waals surface area contributed by atoms with E-state index in [0.717, 1.165) is 61.8 Å². The van der Waals surface area contributed by atoms with Crippen molar-refractivity contribution in [1.29, 1.82) is 0 Å². The Bertz CT molecular complexity index is 1210. The van der Waals surface area contributed by atoms with Gasteiger partial charge in [0.2, 0.25) is 5.91 Å². The number of likely N-dealkylation sites (tertiary alicyclic amines) is 1. The Balaban J connectivity index is 1.32. The van der Waals surface area contributed by atoms with E-state index in [1.54, 1.807) is 13.0 Å². The molecule has 2 unspecified atom stereocenters. The zero-order valence-electron chi connectivity index (χ0n) is 20.7. The molecular weight excluding hydrogens is 474 g/mol. The molecule has 7 rings (SSSR count). The quantitative estimate of drug-likeness (QED) is 0.553. The third-order valence-corrected chi connectivity index (χ3v) is 9.95. The van der Waals surface area contributed by atoms with Crippen LogP contribution in [0.1, 0.15) is 55.7 Å². The van der Waals surface area contributed by atoms with E-state index in [9.17, 15) is 9.90 Å². The van der Waals surface area contributed by atoms with E-state index >= 15 is 0 Å². The molecule has 0 radical (unpaired) electrons. The minimum Gasteiger partial charge on any atom is -0.504 e. The molecule has 2 aliphatic heterocycles. The van der Waals surface area contributed by atoms with Crippen LogP contribution in [-0.4, -0.2) is 52.7 Å². The molecule has 36 heavy (non-hydrogen) atoms. The molecule has 7 heteroatoms. The van der Waals surface area contributed by atoms with E-state index < -0.39 is 5.54 Å². The first-order valence-electron chi connectivity index (χ1n) is 13.4. The molecule has 2 saturated carbocycles. The molecule has 1 amide bonds. The van der Waals surface area contributed by atoms with Gasteiger partial charge in [-0.2, -0.15) is 0 Å². The summed E-state index contributed by atoms with van der Waals surface area (Å²) in [6.07, 6.45) is 6.08. The maximum Gasteiger partial charge on any atom is 0.217 e. The Kier molecular flexibility index (Phi) is 5.15. The first-order chi connectivity index (χ1) is 17.4. The van der Waals surface area contributed by atoms with E-state index in [4.69, 9.17) is 16.3 Å². The Labute approximate surface area is 217 Å². The number of phenols is 1. The molecule has 190 valence electrons. The van der Waals surface area contributed by atoms with Gasteiger partial charge in [0.05, 0.1) is 11.0 Å². The summed E-state index contributed by atoms with van der Waals surface area (Å²) in [5.41, 5.74) is 2.84. The number of hydrogen-bond acceptors (Lipinski definition) is 5. The second-order valence-electron chi connectivity index (χ2n) is 11.7. The highest BCUT2D eigenvalue weighted by Crippen LogP contribution is 2.65. The van der Waals surface area contributed by atoms with Crippen LogP contribution in [0.4, 0.5) is 0 Å². The number of carbonyl (C=O) groups excluding carboxylic acids is 1. The number of ether oxygens (including phenoxy) is 1. The van der Waals surface area contributed by atoms with Gasteiger partial charge in [0.1, 0.15) is 6.10 Å². The highest BCUT2D eigenvalue weighted by Gasteiger charge is 2.73. The molecule has 2 heterocycles. The summed E-state index contributed by atoms with van der Waals surface area (Å²) in [6.45, 7) is 4.49. The molecule has 1 spiro atoms. The number of rotatable bonds is 6. The van der Waals surface area contributed by atoms with Crippen LogP contribution >= 0.6 is 11.6 Å². The van der Waals surface area contributed by atoms with Crippen LogP contribution in [0.25, 0.3) is 0 Å². The smallest absolute Gasteiger partial charge is 0.217 e. The van der Waals surface area contributed by atoms with E-state index in [2.05, 4.69) is 33.7 Å². The van der Waals surface area contributed by atoms with Crippen LogP contribution in [0, 0.1) is 5.92 Å². The van der Waals surface area contributed by atoms with Gasteiger partial charge < -0.3 is 20.5 Å². The number of nitrogens with zero attached hydrogens (tertiary/aromatic N) is 1. The summed E-state index contributed by atoms with van der Waals surface area (Å²) in [7, 11) is 0. The Morgan fingerprint density at radius 1 is 1.17 bits per heavy atom. The van der Waals surface area contributed by atoms with Crippen molar-refractivity contribution in [2.45, 2.75) is 81.1 Å². The van der Waals surface area contributed by atoms with Crippen molar-refractivity contribution in [2.75, 3.05) is 13.1 Å². The number of hydrogen-bond donors (Lipinski definition) is 3. The zero-order valence-corrected chi connectivity index (χ0v) is 21.5. The van der Waals surface area contributed by atoms with Crippen LogP contribution in [0.5, 0.6) is 11.5 Å². The standard InChI is InChI=1S/C29H34ClN3O3/c1-17(34)32-29-11-10-22(31-15-18-4-7-21(30)8-5-18)27-28(29)12-13-33(16-19-2-3-19)24(29)14-20-6-9-23(35)26(36-27)25(20)28/h4-9,19,22,24,27,31,35H,2-3,10-16H2,1H3,(H,32,34)/t22?,24-,27?,28+,29-/m1/s1. The van der Waals surface area contributed by atoms with Crippen molar-refractivity contribution >= 4 is 17.5 Å². The number of piperidine rings is 1. The fraction of sp³-hybridized carbons (Fsp3) is 0.552. The van der Waals surface area contributed by atoms with Crippen LogP contribution in [0.3, 0.4) is 0 Å². The molecule has 5 atom stereocenters. The lowest BCUT2D eigenvalue weighted by atomic mass is 9.46. The number of aromatic hydroxyl groups is 1. The molecule has 3 N–H and O–H groups in total. The van der Waals surface area contributed by atoms with E-state index in [0.29, 0.717) is 5.75 Å². The molecule has 3 fully saturated rings. The Morgan fingerprint density at radius 3 is 2.72 bits per heavy atom. The van der Waals surface area contributed by atoms with Gasteiger partial charge in [0, 0.05) is 42.7 Å². The van der Waals surface area contributed by atoms with Crippen molar-refractivity contribution in [1.82, 2.24) is 15.5 Å². The Morgan fingerprint density at radius 2 is 1.97 bits per heavy atom. The van der Waals surface area contributed by atoms with Gasteiger partial charge in [-0.15, -0.1) is 0 Å². The van der Waals surface area contributed by atoms with Crippen molar-refractivity contribution < 1.29 is 14.6 Å². The van der Waals surface area contributed by atoms with E-state index in [-0.39, 0.29) is 35.3 Å². The maximum atomic E-state index is 12.8. The summed E-state index contributed by atoms with van der Waals surface area (Å²) >= 11 is 6.10. The van der Waals surface area contributed by atoms with Gasteiger partial charge in [0.25, 0.3) is 0 Å². The predicted octanol–water partition coefficient (Wildman–Crippen LogP) is 3.91. The highest BCUT2D eigenvalue weighted by atomic mass is 35.5. The zero-order chi connectivity index (χ0) is 24.7. The van der Waals surface area contributed by atoms with Gasteiger partial charge in [-0.1, -0.05) is 29.8 Å². The lowest BCUT2D eigenvalue weighted by molar-refractivity contribution is -0.135. The number of halogens is 1. The summed E-state index contributed by atoms with van der Waals surface area (Å²) in [5, 5.41) is 19.0. The van der Waals surface area contributed by atoms with Gasteiger partial charge in [0.15, 0.2) is 11.5 Å². The monoisotopic (exact) mass is 507 g/mol. The molecule has 2 aromatic rings. The van der Waals surface area contributed by atoms with Gasteiger partial charge in [-0.3, -0.25) is 9.69 Å². The average molecular weight is 508 g/mol. The van der Waals surface area contributed by atoms with Crippen LogP contribution in [0.2, 0.25) is 5.02 Å². The number of amides is 1. The second-order valence-corrected chi connectivity index (χ2v) is 12.1. The first kappa shape index (κ1) is 22.9. The van der Waals surface area contributed by atoms with Gasteiger partial charge in [-0.25, -0.2) is 0 Å². The van der Waals surface area contributed by atoms with Crippen molar-refractivity contribution in [2.24, 2.45) is 5.92 Å². The minimum absolute atomic E-state index is 0.0241. The third-order valence-electron chi connectivity index (χ3n) is 9.70. The van der Waals surface area contributed by atoms with Crippen LogP contribution < -0.4 is 15.4 Å². The Hall–Kier alpha value is -2.28. The molecule has 3 aliphatic carbocycles. The summed E-state index contributed by atoms with van der Waals surface area (Å²) in [6, 6.07) is 12.2. The third kappa shape index (κ3) is 3.20. The van der Waals surface area contributed by atoms with Gasteiger partial charge >= 0.3 is 0 Å². The fourth-order valence-corrected chi connectivity index (χ4v) is 8.28. The normalized spacial score (nSPS) is 34.1. The minimum atomic E-state index is -0.402. The molecule has 1 saturated heterocycles. The number of nitrogens with one attached hydrogen (secondary N) is 2. The molecule has 2 bridgehead atoms. The largest absolute Gasteiger partial charge is 0.504 e. The van der Waals surface area contributed by atoms with Crippen molar-refractivity contribution in [3.8, 4) is 11.5 Å². The number of carbonyl (C=O) groups is 1. The van der Waals surface area contributed by atoms with E-state index in [1.807, 2.05) is 12.1 Å². The van der Waals surface area contributed by atoms with Crippen LogP contribution in [0.15, 0.2) is 36.4 Å². The van der Waals surface area contributed by atoms with Crippen molar-refractivity contribution in [3.63, 3.8) is 0 Å². The summed E-state index contributed by atoms with van der Waals surface area (Å²) in [4.78, 5) is 15.5. The molecule has 5 aliphatic rings. The highest BCUT2D eigenvalue weighted by molar-refractivity contribution is 6.30. The SMILES string of the molecule is CC(=O)N[C@@]12CCC(NCc3ccc(Cl)cc3)C3Oc4c(O)ccc5c4[C@@]31CCN(CC1CC1)[C@@H]2C5. The average Bonchev–Trinajstić information content (AvgIpc) is 3.59. The lowest BCUT2D eigenvalue weighted by Gasteiger charge is -2.66. The number of benzene rings is 2. The summed E-state index contributed by atoms with van der Waals surface area (Å²) in [5.74, 6) is 1.67. The fourth-order valence-electron chi connectivity index (χ4n) is 8.16. The maximum absolute atomic E-state index is 12.8. The van der Waals surface area contributed by atoms with E-state index in [1.165, 1.54) is 24.0 Å². The molecule has 2 aromatic carbocycles. The van der Waals surface area contributed by atoms with Crippen molar-refractivity contribution in [3.05, 3.63) is 58.1 Å². The first-order valence-corrected chi connectivity index (χ1v) is 13.8. The van der Waals surface area contributed by atoms with Crippen LogP contribution in [-0.2, 0) is 23.2 Å². The molecule has 0 aromatic heterocycles. The summed E-state index contributed by atoms with van der Waals surface area (Å²) < 4.78 is 6.76. The topological polar surface area (TPSA) is 73.8 Å². The van der Waals surface area contributed by atoms with Gasteiger partial charge in [-0.05, 0) is 80.3 Å². The molecule has 6 nitrogen and oxygen atoms in total.